The average Bonchev–Trinajstić information content (AvgIpc) is 2.93. The smallest absolute Gasteiger partial charge is 0.228 e. The molecule has 23 heavy (non-hydrogen) atoms. The van der Waals surface area contributed by atoms with Crippen molar-refractivity contribution in [1.82, 2.24) is 20.8 Å². The molecule has 0 radical (unpaired) electrons. The van der Waals surface area contributed by atoms with Crippen molar-refractivity contribution < 1.29 is 8.91 Å². The van der Waals surface area contributed by atoms with Crippen LogP contribution in [-0.2, 0) is 12.8 Å². The summed E-state index contributed by atoms with van der Waals surface area (Å²) >= 11 is 0. The Balaban J connectivity index is 1.79. The Labute approximate surface area is 135 Å². The van der Waals surface area contributed by atoms with Gasteiger partial charge in [0.1, 0.15) is 5.82 Å². The fourth-order valence-electron chi connectivity index (χ4n) is 2.06. The van der Waals surface area contributed by atoms with Crippen molar-refractivity contribution in [1.29, 1.82) is 0 Å². The maximum absolute atomic E-state index is 13.1. The lowest BCUT2D eigenvalue weighted by Gasteiger charge is -2.11. The number of nitrogens with one attached hydrogen (secondary N) is 2. The molecule has 1 heterocycles. The number of rotatable bonds is 7. The first-order valence-electron chi connectivity index (χ1n) is 7.73. The van der Waals surface area contributed by atoms with E-state index in [1.54, 1.807) is 19.1 Å². The van der Waals surface area contributed by atoms with E-state index in [4.69, 9.17) is 4.52 Å². The van der Waals surface area contributed by atoms with E-state index in [1.807, 2.05) is 13.0 Å². The van der Waals surface area contributed by atoms with Crippen LogP contribution in [0.3, 0.4) is 0 Å². The third kappa shape index (κ3) is 6.06. The topological polar surface area (TPSA) is 75.3 Å². The number of hydrogen-bond donors (Lipinski definition) is 2. The lowest BCUT2D eigenvalue weighted by atomic mass is 10.1. The van der Waals surface area contributed by atoms with E-state index in [9.17, 15) is 4.39 Å². The molecule has 2 N–H and O–H groups in total. The van der Waals surface area contributed by atoms with Gasteiger partial charge < -0.3 is 15.2 Å². The molecule has 0 fully saturated rings. The van der Waals surface area contributed by atoms with Gasteiger partial charge in [-0.15, -0.1) is 0 Å². The summed E-state index contributed by atoms with van der Waals surface area (Å²) in [6.07, 6.45) is 1.33. The predicted octanol–water partition coefficient (Wildman–Crippen LogP) is 1.86. The van der Waals surface area contributed by atoms with E-state index < -0.39 is 0 Å². The van der Waals surface area contributed by atoms with Crippen molar-refractivity contribution in [2.75, 3.05) is 19.6 Å². The van der Waals surface area contributed by atoms with Crippen LogP contribution in [0, 0.1) is 12.7 Å². The summed E-state index contributed by atoms with van der Waals surface area (Å²) in [5, 5.41) is 10.1. The molecule has 0 bridgehead atoms. The highest BCUT2D eigenvalue weighted by Gasteiger charge is 2.03. The van der Waals surface area contributed by atoms with Crippen LogP contribution in [0.4, 0.5) is 4.39 Å². The van der Waals surface area contributed by atoms with Gasteiger partial charge in [-0.25, -0.2) is 4.39 Å². The summed E-state index contributed by atoms with van der Waals surface area (Å²) in [7, 11) is 0. The molecule has 0 unspecified atom stereocenters. The van der Waals surface area contributed by atoms with Gasteiger partial charge in [0.05, 0.1) is 6.54 Å². The number of aromatic nitrogens is 2. The number of aliphatic imine (C=N–C) groups is 1. The summed E-state index contributed by atoms with van der Waals surface area (Å²) in [6, 6.07) is 6.62. The molecule has 7 heteroatoms. The van der Waals surface area contributed by atoms with Gasteiger partial charge in [-0.1, -0.05) is 17.3 Å². The zero-order chi connectivity index (χ0) is 16.5. The van der Waals surface area contributed by atoms with Gasteiger partial charge in [0.15, 0.2) is 11.8 Å². The highest BCUT2D eigenvalue weighted by atomic mass is 19.1. The van der Waals surface area contributed by atoms with Crippen molar-refractivity contribution >= 4 is 5.96 Å². The average molecular weight is 319 g/mol. The van der Waals surface area contributed by atoms with Gasteiger partial charge in [0.25, 0.3) is 0 Å². The minimum Gasteiger partial charge on any atom is -0.357 e. The second kappa shape index (κ2) is 8.87. The Morgan fingerprint density at radius 1 is 1.30 bits per heavy atom. The van der Waals surface area contributed by atoms with E-state index >= 15 is 0 Å². The first-order chi connectivity index (χ1) is 11.2. The molecule has 1 aromatic heterocycles. The highest BCUT2D eigenvalue weighted by Crippen LogP contribution is 2.03. The number of aryl methyl sites for hydroxylation is 1. The summed E-state index contributed by atoms with van der Waals surface area (Å²) in [6.45, 7) is 5.79. The number of hydrogen-bond acceptors (Lipinski definition) is 4. The first-order valence-corrected chi connectivity index (χ1v) is 7.73. The molecule has 0 saturated carbocycles. The van der Waals surface area contributed by atoms with E-state index in [0.29, 0.717) is 31.2 Å². The molecule has 0 atom stereocenters. The zero-order valence-corrected chi connectivity index (χ0v) is 13.5. The van der Waals surface area contributed by atoms with Crippen LogP contribution in [-0.4, -0.2) is 35.7 Å². The molecule has 0 amide bonds. The third-order valence-corrected chi connectivity index (χ3v) is 3.10. The van der Waals surface area contributed by atoms with Gasteiger partial charge in [-0.2, -0.15) is 4.98 Å². The van der Waals surface area contributed by atoms with Crippen LogP contribution in [0.15, 0.2) is 33.8 Å². The number of halogens is 1. The van der Waals surface area contributed by atoms with E-state index in [0.717, 1.165) is 24.5 Å². The molecule has 6 nitrogen and oxygen atoms in total. The van der Waals surface area contributed by atoms with Crippen LogP contribution in [0.2, 0.25) is 0 Å². The fourth-order valence-corrected chi connectivity index (χ4v) is 2.06. The lowest BCUT2D eigenvalue weighted by Crippen LogP contribution is -2.38. The standard InChI is InChI=1S/C16H22FN5O/c1-3-18-16(20-10-8-15-21-12(2)22-23-15)19-9-7-13-5-4-6-14(17)11-13/h4-6,11H,3,7-10H2,1-2H3,(H2,18,19,20). The molecule has 0 spiro atoms. The van der Waals surface area contributed by atoms with E-state index in [2.05, 4.69) is 25.8 Å². The molecular formula is C16H22FN5O. The molecule has 2 rings (SSSR count). The maximum Gasteiger partial charge on any atom is 0.228 e. The Morgan fingerprint density at radius 3 is 2.87 bits per heavy atom. The van der Waals surface area contributed by atoms with E-state index in [1.165, 1.54) is 6.07 Å². The van der Waals surface area contributed by atoms with Crippen molar-refractivity contribution in [3.63, 3.8) is 0 Å². The molecule has 0 aliphatic carbocycles. The molecule has 124 valence electrons. The number of nitrogens with zero attached hydrogens (tertiary/aromatic N) is 3. The second-order valence-electron chi connectivity index (χ2n) is 5.05. The van der Waals surface area contributed by atoms with Crippen molar-refractivity contribution in [2.24, 2.45) is 4.99 Å². The van der Waals surface area contributed by atoms with Gasteiger partial charge in [0, 0.05) is 19.5 Å². The summed E-state index contributed by atoms with van der Waals surface area (Å²) in [5.74, 6) is 1.73. The summed E-state index contributed by atoms with van der Waals surface area (Å²) < 4.78 is 18.2. The zero-order valence-electron chi connectivity index (χ0n) is 13.5. The normalized spacial score (nSPS) is 11.5. The first kappa shape index (κ1) is 16.9. The Bertz CT molecular complexity index is 641. The fraction of sp³-hybridized carbons (Fsp3) is 0.438. The Hall–Kier alpha value is -2.44. The molecule has 0 aliphatic rings. The molecule has 1 aromatic carbocycles. The molecule has 0 aliphatic heterocycles. The lowest BCUT2D eigenvalue weighted by molar-refractivity contribution is 0.376. The van der Waals surface area contributed by atoms with Gasteiger partial charge in [-0.3, -0.25) is 4.99 Å². The summed E-state index contributed by atoms with van der Waals surface area (Å²) in [5.41, 5.74) is 0.953. The van der Waals surface area contributed by atoms with Crippen molar-refractivity contribution in [3.8, 4) is 0 Å². The molecule has 0 saturated heterocycles. The molecule has 2 aromatic rings. The quantitative estimate of drug-likeness (QED) is 0.602. The Kier molecular flexibility index (Phi) is 6.53. The van der Waals surface area contributed by atoms with Crippen molar-refractivity contribution in [2.45, 2.75) is 26.7 Å². The largest absolute Gasteiger partial charge is 0.357 e. The van der Waals surface area contributed by atoms with E-state index in [-0.39, 0.29) is 5.82 Å². The van der Waals surface area contributed by atoms with Crippen LogP contribution in [0.1, 0.15) is 24.2 Å². The highest BCUT2D eigenvalue weighted by molar-refractivity contribution is 5.79. The van der Waals surface area contributed by atoms with Crippen LogP contribution < -0.4 is 10.6 Å². The van der Waals surface area contributed by atoms with Crippen LogP contribution in [0.25, 0.3) is 0 Å². The minimum absolute atomic E-state index is 0.210. The van der Waals surface area contributed by atoms with Crippen molar-refractivity contribution in [3.05, 3.63) is 47.4 Å². The SMILES string of the molecule is CCNC(=NCCc1nc(C)no1)NCCc1cccc(F)c1. The van der Waals surface area contributed by atoms with Crippen LogP contribution in [0.5, 0.6) is 0 Å². The predicted molar refractivity (Wildman–Crippen MR) is 86.8 cm³/mol. The Morgan fingerprint density at radius 2 is 2.17 bits per heavy atom. The van der Waals surface area contributed by atoms with Gasteiger partial charge in [-0.05, 0) is 38.0 Å². The van der Waals surface area contributed by atoms with Crippen LogP contribution >= 0.6 is 0 Å². The van der Waals surface area contributed by atoms with Gasteiger partial charge >= 0.3 is 0 Å². The maximum atomic E-state index is 13.1. The third-order valence-electron chi connectivity index (χ3n) is 3.10. The summed E-state index contributed by atoms with van der Waals surface area (Å²) in [4.78, 5) is 8.60. The number of guanidine groups is 1. The number of benzene rings is 1. The molecular weight excluding hydrogens is 297 g/mol. The minimum atomic E-state index is -0.210. The van der Waals surface area contributed by atoms with Gasteiger partial charge in [0.2, 0.25) is 5.89 Å². The monoisotopic (exact) mass is 319 g/mol. The second-order valence-corrected chi connectivity index (χ2v) is 5.05.